The summed E-state index contributed by atoms with van der Waals surface area (Å²) in [5, 5.41) is 5.97. The summed E-state index contributed by atoms with van der Waals surface area (Å²) in [6.45, 7) is 0. The Balaban J connectivity index is 1.18. The summed E-state index contributed by atoms with van der Waals surface area (Å²) < 4.78 is 7.17. The molecule has 0 radical (unpaired) electrons. The van der Waals surface area contributed by atoms with Gasteiger partial charge < -0.3 is 13.7 Å². The van der Waals surface area contributed by atoms with Gasteiger partial charge in [-0.25, -0.2) is 15.0 Å². The Bertz CT molecular complexity index is 3470. The van der Waals surface area contributed by atoms with E-state index in [1.54, 1.807) is 0 Å². The van der Waals surface area contributed by atoms with Gasteiger partial charge in [0.25, 0.3) is 0 Å². The van der Waals surface area contributed by atoms with Gasteiger partial charge in [-0.1, -0.05) is 140 Å². The van der Waals surface area contributed by atoms with Crippen LogP contribution in [0.3, 0.4) is 0 Å². The molecule has 4 aromatic heterocycles. The summed E-state index contributed by atoms with van der Waals surface area (Å²) in [6, 6.07) is 70.5. The smallest absolute Gasteiger partial charge is 0.164 e. The molecule has 0 bridgehead atoms. The molecule has 0 aliphatic heterocycles. The Hall–Kier alpha value is -8.09. The predicted octanol–water partition coefficient (Wildman–Crippen LogP) is 13.0. The van der Waals surface area contributed by atoms with E-state index in [0.717, 1.165) is 55.8 Å². The number of rotatable bonds is 6. The molecule has 59 heavy (non-hydrogen) atoms. The minimum absolute atomic E-state index is 0.615. The number of nitrogens with zero attached hydrogens (tertiary/aromatic N) is 6. The van der Waals surface area contributed by atoms with Gasteiger partial charge in [-0.15, -0.1) is 0 Å². The average Bonchev–Trinajstić information content (AvgIpc) is 3.99. The van der Waals surface area contributed by atoms with Gasteiger partial charge in [-0.3, -0.25) is 0 Å². The Morgan fingerprint density at radius 3 is 1.47 bits per heavy atom. The quantitative estimate of drug-likeness (QED) is 0.170. The van der Waals surface area contributed by atoms with E-state index in [2.05, 4.69) is 159 Å². The second-order valence-corrected chi connectivity index (χ2v) is 14.9. The van der Waals surface area contributed by atoms with Crippen LogP contribution < -0.4 is 0 Å². The van der Waals surface area contributed by atoms with Gasteiger partial charge in [0.1, 0.15) is 0 Å². The van der Waals surface area contributed by atoms with Crippen molar-refractivity contribution in [3.05, 3.63) is 206 Å². The topological polar surface area (TPSA) is 53.5 Å². The van der Waals surface area contributed by atoms with Crippen molar-refractivity contribution in [2.24, 2.45) is 0 Å². The molecule has 4 heterocycles. The first kappa shape index (κ1) is 33.1. The summed E-state index contributed by atoms with van der Waals surface area (Å²) in [7, 11) is 0. The summed E-state index contributed by atoms with van der Waals surface area (Å²) in [5.74, 6) is 1.88. The van der Waals surface area contributed by atoms with Crippen LogP contribution in [-0.4, -0.2) is 28.7 Å². The van der Waals surface area contributed by atoms with Crippen molar-refractivity contribution >= 4 is 54.5 Å². The number of para-hydroxylation sites is 3. The summed E-state index contributed by atoms with van der Waals surface area (Å²) in [6.07, 6.45) is 2.17. The number of hydrogen-bond acceptors (Lipinski definition) is 3. The van der Waals surface area contributed by atoms with E-state index in [9.17, 15) is 0 Å². The third-order valence-corrected chi connectivity index (χ3v) is 11.5. The van der Waals surface area contributed by atoms with E-state index in [0.29, 0.717) is 17.5 Å². The zero-order valence-electron chi connectivity index (χ0n) is 31.8. The molecule has 6 heteroatoms. The molecule has 0 amide bonds. The molecule has 0 N–H and O–H groups in total. The fourth-order valence-electron chi connectivity index (χ4n) is 8.83. The molecule has 8 aromatic carbocycles. The van der Waals surface area contributed by atoms with Crippen LogP contribution in [0.25, 0.3) is 106 Å². The predicted molar refractivity (Wildman–Crippen MR) is 242 cm³/mol. The van der Waals surface area contributed by atoms with E-state index in [1.807, 2.05) is 60.7 Å². The highest BCUT2D eigenvalue weighted by Gasteiger charge is 2.23. The minimum Gasteiger partial charge on any atom is -0.316 e. The highest BCUT2D eigenvalue weighted by atomic mass is 15.1. The van der Waals surface area contributed by atoms with E-state index in [4.69, 9.17) is 15.0 Å². The Kier molecular flexibility index (Phi) is 7.43. The van der Waals surface area contributed by atoms with Crippen molar-refractivity contribution < 1.29 is 0 Å². The number of hydrogen-bond donors (Lipinski definition) is 0. The Morgan fingerprint density at radius 2 is 0.814 bits per heavy atom. The van der Waals surface area contributed by atoms with Crippen molar-refractivity contribution in [2.75, 3.05) is 0 Å². The lowest BCUT2D eigenvalue weighted by molar-refractivity contribution is 1.07. The number of benzene rings is 8. The van der Waals surface area contributed by atoms with Crippen LogP contribution in [0.4, 0.5) is 0 Å². The zero-order chi connectivity index (χ0) is 38.9. The fraction of sp³-hybridized carbons (Fsp3) is 0. The maximum Gasteiger partial charge on any atom is 0.164 e. The first-order valence-corrected chi connectivity index (χ1v) is 19.9. The molecular formula is C53H34N6. The number of fused-ring (bicyclic) bond motifs is 8. The maximum atomic E-state index is 5.12. The summed E-state index contributed by atoms with van der Waals surface area (Å²) >= 11 is 0. The zero-order valence-corrected chi connectivity index (χ0v) is 31.8. The van der Waals surface area contributed by atoms with Gasteiger partial charge in [-0.2, -0.15) is 0 Å². The van der Waals surface area contributed by atoms with Crippen LogP contribution in [0.1, 0.15) is 0 Å². The minimum atomic E-state index is 0.615. The molecular weight excluding hydrogens is 721 g/mol. The molecule has 0 spiro atoms. The van der Waals surface area contributed by atoms with Gasteiger partial charge in [0.15, 0.2) is 17.5 Å². The van der Waals surface area contributed by atoms with Crippen molar-refractivity contribution in [1.82, 2.24) is 28.7 Å². The van der Waals surface area contributed by atoms with Gasteiger partial charge in [0.05, 0.1) is 27.6 Å². The second-order valence-electron chi connectivity index (χ2n) is 14.9. The molecule has 6 nitrogen and oxygen atoms in total. The SMILES string of the molecule is c1ccc(-c2nc(-c3ccccc3)nc(-c3cccc(-n4c5cc6c(ccn6-c6ccccc6)cc5c5ccc6c7ccccc7n(-c7ccccc7)c6c54)c3)n2)cc1. The van der Waals surface area contributed by atoms with Crippen LogP contribution in [0.5, 0.6) is 0 Å². The highest BCUT2D eigenvalue weighted by molar-refractivity contribution is 6.25. The highest BCUT2D eigenvalue weighted by Crippen LogP contribution is 2.43. The molecule has 0 saturated heterocycles. The van der Waals surface area contributed by atoms with Crippen molar-refractivity contribution in [1.29, 1.82) is 0 Å². The van der Waals surface area contributed by atoms with E-state index in [-0.39, 0.29) is 0 Å². The number of aromatic nitrogens is 6. The monoisotopic (exact) mass is 754 g/mol. The fourth-order valence-corrected chi connectivity index (χ4v) is 8.83. The Labute approximate surface area is 339 Å². The van der Waals surface area contributed by atoms with E-state index >= 15 is 0 Å². The molecule has 0 unspecified atom stereocenters. The molecule has 276 valence electrons. The van der Waals surface area contributed by atoms with Gasteiger partial charge in [0, 0.05) is 66.9 Å². The van der Waals surface area contributed by atoms with E-state index < -0.39 is 0 Å². The lowest BCUT2D eigenvalue weighted by atomic mass is 10.1. The maximum absolute atomic E-state index is 5.12. The lowest BCUT2D eigenvalue weighted by Crippen LogP contribution is -2.01. The van der Waals surface area contributed by atoms with Gasteiger partial charge in [0.2, 0.25) is 0 Å². The standard InChI is InChI=1S/C53H34N6/c1-5-16-35(17-6-1)51-54-52(36-18-7-2-8-19-36)56-53(55-51)38-20-15-25-41(32-38)59-48-34-47-37(30-31-57(47)39-21-9-3-10-22-39)33-45(48)44-29-28-43-42-26-13-14-27-46(42)58(49(43)50(44)59)40-23-11-4-12-24-40/h1-34H. The van der Waals surface area contributed by atoms with Crippen LogP contribution in [-0.2, 0) is 0 Å². The molecule has 0 aliphatic rings. The lowest BCUT2D eigenvalue weighted by Gasteiger charge is -2.14. The summed E-state index contributed by atoms with van der Waals surface area (Å²) in [5.41, 5.74) is 11.7. The first-order chi connectivity index (χ1) is 29.3. The van der Waals surface area contributed by atoms with Crippen LogP contribution in [0.15, 0.2) is 206 Å². The van der Waals surface area contributed by atoms with Crippen LogP contribution >= 0.6 is 0 Å². The third-order valence-electron chi connectivity index (χ3n) is 11.5. The second kappa shape index (κ2) is 13.3. The molecule has 12 aromatic rings. The van der Waals surface area contributed by atoms with Crippen molar-refractivity contribution in [3.63, 3.8) is 0 Å². The third kappa shape index (κ3) is 5.31. The van der Waals surface area contributed by atoms with Crippen LogP contribution in [0.2, 0.25) is 0 Å². The van der Waals surface area contributed by atoms with Crippen LogP contribution in [0, 0.1) is 0 Å². The normalized spacial score (nSPS) is 11.7. The molecule has 0 aliphatic carbocycles. The average molecular weight is 755 g/mol. The summed E-state index contributed by atoms with van der Waals surface area (Å²) in [4.78, 5) is 15.2. The largest absolute Gasteiger partial charge is 0.316 e. The van der Waals surface area contributed by atoms with Crippen molar-refractivity contribution in [2.45, 2.75) is 0 Å². The Morgan fingerprint density at radius 1 is 0.305 bits per heavy atom. The van der Waals surface area contributed by atoms with E-state index in [1.165, 1.54) is 32.4 Å². The van der Waals surface area contributed by atoms with Crippen molar-refractivity contribution in [3.8, 4) is 51.2 Å². The van der Waals surface area contributed by atoms with Gasteiger partial charge in [-0.05, 0) is 60.7 Å². The molecule has 0 fully saturated rings. The molecule has 0 atom stereocenters. The molecule has 12 rings (SSSR count). The van der Waals surface area contributed by atoms with Gasteiger partial charge >= 0.3 is 0 Å². The first-order valence-electron chi connectivity index (χ1n) is 19.9. The molecule has 0 saturated carbocycles.